The van der Waals surface area contributed by atoms with Crippen molar-refractivity contribution in [2.75, 3.05) is 32.7 Å². The summed E-state index contributed by atoms with van der Waals surface area (Å²) in [6.07, 6.45) is 2.00. The number of hydrogen-bond donors (Lipinski definition) is 11. The molecule has 334 valence electrons. The molecule has 0 bridgehead atoms. The summed E-state index contributed by atoms with van der Waals surface area (Å²) < 4.78 is 0. The molecule has 14 N–H and O–H groups in total. The number of nitrogens with one attached hydrogen (secondary N) is 7. The summed E-state index contributed by atoms with van der Waals surface area (Å²) in [6, 6.07) is -6.70. The van der Waals surface area contributed by atoms with Crippen molar-refractivity contribution in [3.8, 4) is 0 Å². The minimum absolute atomic E-state index is 0.0991. The second-order valence-electron chi connectivity index (χ2n) is 15.4. The summed E-state index contributed by atoms with van der Waals surface area (Å²) in [5.41, 5.74) is 16.0. The molecular weight excluding hydrogens is 774 g/mol. The molecule has 0 spiro atoms. The van der Waals surface area contributed by atoms with E-state index in [1.54, 1.807) is 27.7 Å². The van der Waals surface area contributed by atoms with Crippen LogP contribution in [-0.2, 0) is 47.9 Å². The number of amides is 9. The van der Waals surface area contributed by atoms with Crippen LogP contribution >= 0.6 is 0 Å². The van der Waals surface area contributed by atoms with E-state index in [0.29, 0.717) is 32.2 Å². The smallest absolute Gasteiger partial charge is 0.326 e. The van der Waals surface area contributed by atoms with Crippen molar-refractivity contribution in [2.24, 2.45) is 29.0 Å². The summed E-state index contributed by atoms with van der Waals surface area (Å²) >= 11 is 0. The van der Waals surface area contributed by atoms with E-state index in [-0.39, 0.29) is 50.5 Å². The maximum Gasteiger partial charge on any atom is 0.326 e. The molecule has 1 rings (SSSR count). The molecule has 0 unspecified atom stereocenters. The number of carbonyl (C=O) groups is 10. The normalized spacial score (nSPS) is 16.2. The fourth-order valence-electron chi connectivity index (χ4n) is 6.18. The van der Waals surface area contributed by atoms with E-state index < -0.39 is 115 Å². The summed E-state index contributed by atoms with van der Waals surface area (Å²) in [5.74, 6) is -7.64. The van der Waals surface area contributed by atoms with Gasteiger partial charge in [-0.25, -0.2) is 4.79 Å². The Labute approximate surface area is 344 Å². The van der Waals surface area contributed by atoms with Gasteiger partial charge in [0, 0.05) is 13.0 Å². The van der Waals surface area contributed by atoms with Crippen LogP contribution in [0.15, 0.2) is 0 Å². The maximum absolute atomic E-state index is 13.3. The molecule has 59 heavy (non-hydrogen) atoms. The first kappa shape index (κ1) is 51.6. The SMILES string of the molecule is CC(C)C[C@H](NC(=O)CNC(=O)[C@H](CC(C)C)NC(=O)[C@H](CCC(N)=O)NC(=O)CN)C(=O)N[C@@H](C)C(=O)NCC(=O)N1CCC[C@H]1C(=O)N[C@@H](CCCCN)C(=O)O. The highest BCUT2D eigenvalue weighted by Gasteiger charge is 2.36. The van der Waals surface area contributed by atoms with Gasteiger partial charge in [0.05, 0.1) is 19.6 Å². The van der Waals surface area contributed by atoms with Crippen LogP contribution in [0.4, 0.5) is 0 Å². The Hall–Kier alpha value is -5.38. The second-order valence-corrected chi connectivity index (χ2v) is 15.4. The Morgan fingerprint density at radius 1 is 0.661 bits per heavy atom. The van der Waals surface area contributed by atoms with Crippen molar-refractivity contribution < 1.29 is 53.1 Å². The van der Waals surface area contributed by atoms with Gasteiger partial charge in [-0.3, -0.25) is 43.2 Å². The molecule has 0 saturated carbocycles. The lowest BCUT2D eigenvalue weighted by molar-refractivity contribution is -0.144. The molecule has 6 atom stereocenters. The number of likely N-dealkylation sites (tertiary alicyclic amines) is 1. The fourth-order valence-corrected chi connectivity index (χ4v) is 6.18. The van der Waals surface area contributed by atoms with Crippen molar-refractivity contribution in [1.29, 1.82) is 0 Å². The second kappa shape index (κ2) is 26.6. The van der Waals surface area contributed by atoms with Gasteiger partial charge in [0.2, 0.25) is 53.2 Å². The summed E-state index contributed by atoms with van der Waals surface area (Å²) in [5, 5.41) is 26.9. The number of rotatable bonds is 27. The van der Waals surface area contributed by atoms with Gasteiger partial charge < -0.3 is 64.4 Å². The van der Waals surface area contributed by atoms with Crippen molar-refractivity contribution in [1.82, 2.24) is 42.1 Å². The molecule has 1 fully saturated rings. The minimum atomic E-state index is -1.21. The van der Waals surface area contributed by atoms with E-state index in [1.807, 2.05) is 0 Å². The molecule has 0 aliphatic carbocycles. The number of primary amides is 1. The molecule has 0 aromatic heterocycles. The molecular formula is C37H65N11O11. The molecule has 22 heteroatoms. The highest BCUT2D eigenvalue weighted by Crippen LogP contribution is 2.18. The third kappa shape index (κ3) is 19.8. The highest BCUT2D eigenvalue weighted by molar-refractivity contribution is 5.96. The number of carboxylic acids is 1. The lowest BCUT2D eigenvalue weighted by atomic mass is 10.0. The van der Waals surface area contributed by atoms with E-state index in [0.717, 1.165) is 0 Å². The monoisotopic (exact) mass is 839 g/mol. The quantitative estimate of drug-likeness (QED) is 0.0354. The average molecular weight is 840 g/mol. The lowest BCUT2D eigenvalue weighted by Gasteiger charge is -2.26. The average Bonchev–Trinajstić information content (AvgIpc) is 3.66. The Morgan fingerprint density at radius 3 is 1.80 bits per heavy atom. The van der Waals surface area contributed by atoms with Gasteiger partial charge in [-0.05, 0) is 76.7 Å². The zero-order valence-electron chi connectivity index (χ0n) is 34.7. The largest absolute Gasteiger partial charge is 0.480 e. The van der Waals surface area contributed by atoms with E-state index in [9.17, 15) is 53.1 Å². The van der Waals surface area contributed by atoms with Gasteiger partial charge in [0.1, 0.15) is 36.3 Å². The van der Waals surface area contributed by atoms with Crippen LogP contribution in [0, 0.1) is 11.8 Å². The van der Waals surface area contributed by atoms with Crippen molar-refractivity contribution in [3.63, 3.8) is 0 Å². The number of nitrogens with two attached hydrogens (primary N) is 3. The summed E-state index contributed by atoms with van der Waals surface area (Å²) in [4.78, 5) is 128. The number of nitrogens with zero attached hydrogens (tertiary/aromatic N) is 1. The number of carboxylic acid groups (broad SMARTS) is 1. The molecule has 1 aliphatic heterocycles. The highest BCUT2D eigenvalue weighted by atomic mass is 16.4. The van der Waals surface area contributed by atoms with Gasteiger partial charge in [0.25, 0.3) is 0 Å². The molecule has 0 aromatic carbocycles. The first-order chi connectivity index (χ1) is 27.7. The minimum Gasteiger partial charge on any atom is -0.480 e. The molecule has 1 aliphatic rings. The zero-order valence-corrected chi connectivity index (χ0v) is 34.7. The maximum atomic E-state index is 13.3. The van der Waals surface area contributed by atoms with Crippen LogP contribution in [0.5, 0.6) is 0 Å². The zero-order chi connectivity index (χ0) is 44.8. The van der Waals surface area contributed by atoms with Crippen LogP contribution in [0.3, 0.4) is 0 Å². The predicted molar refractivity (Wildman–Crippen MR) is 213 cm³/mol. The number of carbonyl (C=O) groups excluding carboxylic acids is 9. The van der Waals surface area contributed by atoms with E-state index in [2.05, 4.69) is 37.2 Å². The summed E-state index contributed by atoms with van der Waals surface area (Å²) in [7, 11) is 0. The van der Waals surface area contributed by atoms with E-state index in [4.69, 9.17) is 17.2 Å². The van der Waals surface area contributed by atoms with Crippen LogP contribution < -0.4 is 54.4 Å². The molecule has 9 amide bonds. The molecule has 1 heterocycles. The Kier molecular flexibility index (Phi) is 23.3. The topological polar surface area (TPSA) is 356 Å². The number of hydrogen-bond acceptors (Lipinski definition) is 12. The third-order valence-electron chi connectivity index (χ3n) is 9.24. The van der Waals surface area contributed by atoms with Gasteiger partial charge in [-0.15, -0.1) is 0 Å². The van der Waals surface area contributed by atoms with Crippen molar-refractivity contribution in [3.05, 3.63) is 0 Å². The Balaban J connectivity index is 2.83. The van der Waals surface area contributed by atoms with Gasteiger partial charge in [-0.2, -0.15) is 0 Å². The number of unbranched alkanes of at least 4 members (excludes halogenated alkanes) is 1. The lowest BCUT2D eigenvalue weighted by Crippen LogP contribution is -2.57. The predicted octanol–water partition coefficient (Wildman–Crippen LogP) is -3.82. The molecule has 22 nitrogen and oxygen atoms in total. The van der Waals surface area contributed by atoms with Gasteiger partial charge in [-0.1, -0.05) is 27.7 Å². The van der Waals surface area contributed by atoms with Crippen molar-refractivity contribution >= 4 is 59.1 Å². The first-order valence-corrected chi connectivity index (χ1v) is 20.0. The van der Waals surface area contributed by atoms with E-state index in [1.165, 1.54) is 11.8 Å². The Bertz CT molecular complexity index is 1490. The first-order valence-electron chi connectivity index (χ1n) is 20.0. The van der Waals surface area contributed by atoms with Gasteiger partial charge in [0.15, 0.2) is 0 Å². The molecule has 0 aromatic rings. The van der Waals surface area contributed by atoms with Crippen LogP contribution in [0.25, 0.3) is 0 Å². The summed E-state index contributed by atoms with van der Waals surface area (Å²) in [6.45, 7) is 7.67. The van der Waals surface area contributed by atoms with Crippen LogP contribution in [0.2, 0.25) is 0 Å². The van der Waals surface area contributed by atoms with Gasteiger partial charge >= 0.3 is 5.97 Å². The standard InChI is InChI=1S/C37H65N11O11/c1-20(2)15-25(47-34(55)23(11-12-28(40)49)44-29(50)17-39)33(54)41-18-30(51)45-26(16-21(3)4)35(56)43-22(5)32(53)42-19-31(52)48-14-8-10-27(48)36(57)46-24(37(58)59)9-6-7-13-38/h20-27H,6-19,38-39H2,1-5H3,(H2,40,49)(H,41,54)(H,42,53)(H,43,56)(H,44,50)(H,45,51)(H,46,57)(H,47,55)(H,58,59)/t22-,23-,24-,25-,26-,27-/m0/s1. The fraction of sp³-hybridized carbons (Fsp3) is 0.730. The van der Waals surface area contributed by atoms with Crippen molar-refractivity contribution in [2.45, 2.75) is 129 Å². The van der Waals surface area contributed by atoms with Crippen LogP contribution in [-0.4, -0.2) is 138 Å². The molecule has 1 saturated heterocycles. The molecule has 0 radical (unpaired) electrons. The van der Waals surface area contributed by atoms with E-state index >= 15 is 0 Å². The van der Waals surface area contributed by atoms with Crippen LogP contribution in [0.1, 0.15) is 92.4 Å². The number of aliphatic carboxylic acids is 1. The Morgan fingerprint density at radius 2 is 1.24 bits per heavy atom. The third-order valence-corrected chi connectivity index (χ3v) is 9.24.